The Morgan fingerprint density at radius 1 is 1.40 bits per heavy atom. The molecule has 1 unspecified atom stereocenters. The normalized spacial score (nSPS) is 24.9. The van der Waals surface area contributed by atoms with E-state index >= 15 is 0 Å². The lowest BCUT2D eigenvalue weighted by molar-refractivity contribution is -0.00298. The number of hydrogen-bond donors (Lipinski definition) is 0. The van der Waals surface area contributed by atoms with Crippen LogP contribution in [0.2, 0.25) is 0 Å². The van der Waals surface area contributed by atoms with Crippen LogP contribution in [0.1, 0.15) is 37.4 Å². The predicted octanol–water partition coefficient (Wildman–Crippen LogP) is 0.851. The summed E-state index contributed by atoms with van der Waals surface area (Å²) in [6, 6.07) is 0. The maximum atomic E-state index is 12.2. The van der Waals surface area contributed by atoms with Crippen LogP contribution in [0.15, 0.2) is 4.52 Å². The molecule has 2 fully saturated rings. The highest BCUT2D eigenvalue weighted by Crippen LogP contribution is 2.32. The first-order valence-electron chi connectivity index (χ1n) is 6.95. The van der Waals surface area contributed by atoms with Crippen LogP contribution < -0.4 is 0 Å². The molecule has 0 spiro atoms. The van der Waals surface area contributed by atoms with Crippen molar-refractivity contribution in [2.24, 2.45) is 0 Å². The van der Waals surface area contributed by atoms with E-state index in [4.69, 9.17) is 9.26 Å². The fourth-order valence-electron chi connectivity index (χ4n) is 2.44. The zero-order chi connectivity index (χ0) is 14.2. The zero-order valence-corrected chi connectivity index (χ0v) is 12.3. The van der Waals surface area contributed by atoms with E-state index < -0.39 is 10.0 Å². The van der Waals surface area contributed by atoms with Crippen molar-refractivity contribution in [2.75, 3.05) is 13.1 Å². The Morgan fingerprint density at radius 3 is 2.85 bits per heavy atom. The van der Waals surface area contributed by atoms with Gasteiger partial charge in [-0.05, 0) is 32.6 Å². The standard InChI is InChI=1S/C12H19N3O4S/c1-9-13-12(19-14-9)8-18-10-3-2-6-15(7-10)20(16,17)11-4-5-11/h10-11H,2-8H2,1H3. The number of hydrogen-bond acceptors (Lipinski definition) is 6. The summed E-state index contributed by atoms with van der Waals surface area (Å²) in [6.07, 6.45) is 3.20. The monoisotopic (exact) mass is 301 g/mol. The molecule has 1 atom stereocenters. The van der Waals surface area contributed by atoms with Crippen molar-refractivity contribution >= 4 is 10.0 Å². The molecule has 7 nitrogen and oxygen atoms in total. The summed E-state index contributed by atoms with van der Waals surface area (Å²) in [6.45, 7) is 3.03. The number of sulfonamides is 1. The molecule has 3 rings (SSSR count). The third-order valence-corrected chi connectivity index (χ3v) is 6.02. The molecule has 1 aromatic heterocycles. The van der Waals surface area contributed by atoms with Crippen molar-refractivity contribution in [3.63, 3.8) is 0 Å². The largest absolute Gasteiger partial charge is 0.367 e. The average molecular weight is 301 g/mol. The lowest BCUT2D eigenvalue weighted by Crippen LogP contribution is -2.44. The van der Waals surface area contributed by atoms with Crippen molar-refractivity contribution in [1.29, 1.82) is 0 Å². The van der Waals surface area contributed by atoms with Gasteiger partial charge in [0, 0.05) is 13.1 Å². The first-order valence-corrected chi connectivity index (χ1v) is 8.46. The molecule has 0 aromatic carbocycles. The summed E-state index contributed by atoms with van der Waals surface area (Å²) in [5.74, 6) is 1.01. The lowest BCUT2D eigenvalue weighted by atomic mass is 10.1. The van der Waals surface area contributed by atoms with Crippen molar-refractivity contribution in [3.8, 4) is 0 Å². The number of nitrogens with zero attached hydrogens (tertiary/aromatic N) is 3. The van der Waals surface area contributed by atoms with E-state index in [0.717, 1.165) is 25.7 Å². The minimum absolute atomic E-state index is 0.0931. The lowest BCUT2D eigenvalue weighted by Gasteiger charge is -2.31. The average Bonchev–Trinajstić information content (AvgIpc) is 3.21. The Labute approximate surface area is 118 Å². The molecule has 0 N–H and O–H groups in total. The second-order valence-corrected chi connectivity index (χ2v) is 7.63. The Hall–Kier alpha value is -0.990. The van der Waals surface area contributed by atoms with Crippen molar-refractivity contribution in [3.05, 3.63) is 11.7 Å². The van der Waals surface area contributed by atoms with Crippen molar-refractivity contribution in [2.45, 2.75) is 50.6 Å². The molecule has 8 heteroatoms. The van der Waals surface area contributed by atoms with Crippen LogP contribution in [0.25, 0.3) is 0 Å². The highest BCUT2D eigenvalue weighted by molar-refractivity contribution is 7.90. The molecule has 0 amide bonds. The van der Waals surface area contributed by atoms with Crippen molar-refractivity contribution in [1.82, 2.24) is 14.4 Å². The smallest absolute Gasteiger partial charge is 0.252 e. The first-order chi connectivity index (χ1) is 9.55. The van der Waals surface area contributed by atoms with E-state index in [9.17, 15) is 8.42 Å². The van der Waals surface area contributed by atoms with Gasteiger partial charge in [0.25, 0.3) is 5.89 Å². The van der Waals surface area contributed by atoms with Gasteiger partial charge < -0.3 is 9.26 Å². The number of piperidine rings is 1. The van der Waals surface area contributed by atoms with E-state index in [-0.39, 0.29) is 18.0 Å². The van der Waals surface area contributed by atoms with Gasteiger partial charge in [-0.3, -0.25) is 0 Å². The van der Waals surface area contributed by atoms with Crippen LogP contribution in [-0.2, 0) is 21.4 Å². The van der Waals surface area contributed by atoms with E-state index in [0.29, 0.717) is 24.8 Å². The SMILES string of the molecule is Cc1noc(COC2CCCN(S(=O)(=O)C3CC3)C2)n1. The van der Waals surface area contributed by atoms with E-state index in [2.05, 4.69) is 10.1 Å². The molecule has 1 aromatic rings. The zero-order valence-electron chi connectivity index (χ0n) is 11.5. The Morgan fingerprint density at radius 2 is 2.20 bits per heavy atom. The van der Waals surface area contributed by atoms with E-state index in [1.807, 2.05) is 0 Å². The summed E-state index contributed by atoms with van der Waals surface area (Å²) in [4.78, 5) is 4.07. The van der Waals surface area contributed by atoms with E-state index in [1.54, 1.807) is 11.2 Å². The van der Waals surface area contributed by atoms with E-state index in [1.165, 1.54) is 0 Å². The van der Waals surface area contributed by atoms with Gasteiger partial charge in [-0.2, -0.15) is 9.29 Å². The van der Waals surface area contributed by atoms with Gasteiger partial charge in [0.15, 0.2) is 5.82 Å². The number of rotatable bonds is 5. The Bertz CT molecular complexity index is 567. The molecule has 0 radical (unpaired) electrons. The third kappa shape index (κ3) is 3.02. The molecule has 2 heterocycles. The van der Waals surface area contributed by atoms with Gasteiger partial charge in [-0.25, -0.2) is 8.42 Å². The molecule has 112 valence electrons. The quantitative estimate of drug-likeness (QED) is 0.801. The molecule has 1 aliphatic carbocycles. The third-order valence-electron chi connectivity index (χ3n) is 3.66. The number of aryl methyl sites for hydroxylation is 1. The van der Waals surface area contributed by atoms with Crippen LogP contribution in [-0.4, -0.2) is 47.3 Å². The van der Waals surface area contributed by atoms with Gasteiger partial charge >= 0.3 is 0 Å². The molecule has 20 heavy (non-hydrogen) atoms. The van der Waals surface area contributed by atoms with Gasteiger partial charge in [0.2, 0.25) is 10.0 Å². The second kappa shape index (κ2) is 5.42. The minimum Gasteiger partial charge on any atom is -0.367 e. The van der Waals surface area contributed by atoms with Crippen LogP contribution >= 0.6 is 0 Å². The Balaban J connectivity index is 1.55. The summed E-state index contributed by atoms with van der Waals surface area (Å²) in [5.41, 5.74) is 0. The van der Waals surface area contributed by atoms with Gasteiger partial charge in [-0.15, -0.1) is 0 Å². The number of aromatic nitrogens is 2. The second-order valence-electron chi connectivity index (χ2n) is 5.41. The van der Waals surface area contributed by atoms with Crippen molar-refractivity contribution < 1.29 is 17.7 Å². The van der Waals surface area contributed by atoms with Crippen LogP contribution in [0, 0.1) is 6.92 Å². The molecule has 0 bridgehead atoms. The van der Waals surface area contributed by atoms with Crippen LogP contribution in [0.3, 0.4) is 0 Å². The molecule has 1 aliphatic heterocycles. The molecule has 1 saturated heterocycles. The fourth-order valence-corrected chi connectivity index (χ4v) is 4.35. The highest BCUT2D eigenvalue weighted by atomic mass is 32.2. The summed E-state index contributed by atoms with van der Waals surface area (Å²) in [5, 5.41) is 3.54. The summed E-state index contributed by atoms with van der Waals surface area (Å²) in [7, 11) is -3.10. The topological polar surface area (TPSA) is 85.5 Å². The fraction of sp³-hybridized carbons (Fsp3) is 0.833. The molecule has 2 aliphatic rings. The minimum atomic E-state index is -3.10. The first kappa shape index (κ1) is 14.0. The number of ether oxygens (including phenoxy) is 1. The van der Waals surface area contributed by atoms with Gasteiger partial charge in [-0.1, -0.05) is 5.16 Å². The summed E-state index contributed by atoms with van der Waals surface area (Å²) < 4.78 is 36.7. The Kier molecular flexibility index (Phi) is 3.78. The maximum Gasteiger partial charge on any atom is 0.252 e. The van der Waals surface area contributed by atoms with Gasteiger partial charge in [0.1, 0.15) is 6.61 Å². The highest BCUT2D eigenvalue weighted by Gasteiger charge is 2.41. The predicted molar refractivity (Wildman–Crippen MR) is 70.4 cm³/mol. The summed E-state index contributed by atoms with van der Waals surface area (Å²) >= 11 is 0. The van der Waals surface area contributed by atoms with Gasteiger partial charge in [0.05, 0.1) is 11.4 Å². The molecular weight excluding hydrogens is 282 g/mol. The van der Waals surface area contributed by atoms with Crippen LogP contribution in [0.4, 0.5) is 0 Å². The molecular formula is C12H19N3O4S. The molecule has 1 saturated carbocycles. The maximum absolute atomic E-state index is 12.2. The van der Waals surface area contributed by atoms with Crippen LogP contribution in [0.5, 0.6) is 0 Å².